The molecular formula is C13H19BrN2O. The molecule has 0 radical (unpaired) electrons. The number of carbonyl (C=O) groups is 1. The van der Waals surface area contributed by atoms with Crippen LogP contribution < -0.4 is 10.6 Å². The Labute approximate surface area is 111 Å². The van der Waals surface area contributed by atoms with Crippen LogP contribution in [0.1, 0.15) is 18.9 Å². The minimum absolute atomic E-state index is 0.0989. The van der Waals surface area contributed by atoms with Crippen molar-refractivity contribution in [3.8, 4) is 0 Å². The van der Waals surface area contributed by atoms with E-state index in [1.807, 2.05) is 26.1 Å². The molecule has 1 unspecified atom stereocenters. The Bertz CT molecular complexity index is 368. The van der Waals surface area contributed by atoms with Gasteiger partial charge in [-0.05, 0) is 38.1 Å². The smallest absolute Gasteiger partial charge is 0.221 e. The van der Waals surface area contributed by atoms with Gasteiger partial charge < -0.3 is 10.6 Å². The molecule has 0 bridgehead atoms. The first-order valence-corrected chi connectivity index (χ1v) is 6.59. The van der Waals surface area contributed by atoms with Gasteiger partial charge in [-0.1, -0.05) is 28.1 Å². The molecule has 1 atom stereocenters. The lowest BCUT2D eigenvalue weighted by molar-refractivity contribution is -0.121. The van der Waals surface area contributed by atoms with Crippen molar-refractivity contribution in [3.63, 3.8) is 0 Å². The Kier molecular flexibility index (Phi) is 6.22. The largest absolute Gasteiger partial charge is 0.353 e. The van der Waals surface area contributed by atoms with Crippen molar-refractivity contribution in [2.45, 2.75) is 25.8 Å². The molecule has 4 heteroatoms. The van der Waals surface area contributed by atoms with Gasteiger partial charge in [0.05, 0.1) is 0 Å². The molecule has 1 aromatic carbocycles. The molecular weight excluding hydrogens is 280 g/mol. The summed E-state index contributed by atoms with van der Waals surface area (Å²) >= 11 is 3.44. The first-order valence-electron chi connectivity index (χ1n) is 5.80. The third-order valence-corrected chi connectivity index (χ3v) is 2.93. The number of halogens is 1. The number of hydrogen-bond donors (Lipinski definition) is 2. The van der Waals surface area contributed by atoms with E-state index in [9.17, 15) is 4.79 Å². The molecule has 0 heterocycles. The quantitative estimate of drug-likeness (QED) is 0.844. The fraction of sp³-hybridized carbons (Fsp3) is 0.462. The molecule has 0 fully saturated rings. The van der Waals surface area contributed by atoms with Crippen LogP contribution in [0.25, 0.3) is 0 Å². The standard InChI is InChI=1S/C13H19BrN2O/c1-10(16-13(17)6-7-15-2)8-11-4-3-5-12(14)9-11/h3-5,9-10,15H,6-8H2,1-2H3,(H,16,17). The highest BCUT2D eigenvalue weighted by Crippen LogP contribution is 2.13. The average molecular weight is 299 g/mol. The minimum atomic E-state index is 0.0989. The van der Waals surface area contributed by atoms with Crippen molar-refractivity contribution >= 4 is 21.8 Å². The zero-order valence-corrected chi connectivity index (χ0v) is 11.9. The highest BCUT2D eigenvalue weighted by Gasteiger charge is 2.07. The van der Waals surface area contributed by atoms with Crippen molar-refractivity contribution in [1.29, 1.82) is 0 Å². The number of hydrogen-bond acceptors (Lipinski definition) is 2. The third-order valence-electron chi connectivity index (χ3n) is 2.44. The summed E-state index contributed by atoms with van der Waals surface area (Å²) < 4.78 is 1.07. The van der Waals surface area contributed by atoms with Crippen LogP contribution in [-0.2, 0) is 11.2 Å². The fourth-order valence-electron chi connectivity index (χ4n) is 1.65. The van der Waals surface area contributed by atoms with E-state index in [2.05, 4.69) is 38.7 Å². The van der Waals surface area contributed by atoms with E-state index < -0.39 is 0 Å². The second-order valence-electron chi connectivity index (χ2n) is 4.16. The van der Waals surface area contributed by atoms with Gasteiger partial charge in [0, 0.05) is 23.5 Å². The van der Waals surface area contributed by atoms with Crippen molar-refractivity contribution < 1.29 is 4.79 Å². The van der Waals surface area contributed by atoms with E-state index >= 15 is 0 Å². The predicted octanol–water partition coefficient (Wildman–Crippen LogP) is 2.11. The number of rotatable bonds is 6. The SMILES string of the molecule is CNCCC(=O)NC(C)Cc1cccc(Br)c1. The summed E-state index contributed by atoms with van der Waals surface area (Å²) in [7, 11) is 1.85. The number of amides is 1. The maximum absolute atomic E-state index is 11.5. The van der Waals surface area contributed by atoms with Crippen LogP contribution in [0, 0.1) is 0 Å². The van der Waals surface area contributed by atoms with Gasteiger partial charge in [0.1, 0.15) is 0 Å². The van der Waals surface area contributed by atoms with Crippen molar-refractivity contribution in [2.24, 2.45) is 0 Å². The Balaban J connectivity index is 2.39. The topological polar surface area (TPSA) is 41.1 Å². The van der Waals surface area contributed by atoms with Crippen LogP contribution in [0.3, 0.4) is 0 Å². The molecule has 0 saturated heterocycles. The first-order chi connectivity index (χ1) is 8.11. The highest BCUT2D eigenvalue weighted by molar-refractivity contribution is 9.10. The second kappa shape index (κ2) is 7.45. The molecule has 3 nitrogen and oxygen atoms in total. The van der Waals surface area contributed by atoms with Gasteiger partial charge in [0.15, 0.2) is 0 Å². The van der Waals surface area contributed by atoms with E-state index in [1.165, 1.54) is 5.56 Å². The Morgan fingerprint density at radius 2 is 2.24 bits per heavy atom. The lowest BCUT2D eigenvalue weighted by atomic mass is 10.1. The molecule has 17 heavy (non-hydrogen) atoms. The van der Waals surface area contributed by atoms with Gasteiger partial charge in [-0.2, -0.15) is 0 Å². The Morgan fingerprint density at radius 1 is 1.47 bits per heavy atom. The van der Waals surface area contributed by atoms with Gasteiger partial charge in [-0.3, -0.25) is 4.79 Å². The van der Waals surface area contributed by atoms with Crippen molar-refractivity contribution in [1.82, 2.24) is 10.6 Å². The molecule has 94 valence electrons. The molecule has 0 saturated carbocycles. The summed E-state index contributed by atoms with van der Waals surface area (Å²) in [4.78, 5) is 11.5. The number of carbonyl (C=O) groups excluding carboxylic acids is 1. The lowest BCUT2D eigenvalue weighted by Gasteiger charge is -2.14. The Hall–Kier alpha value is -0.870. The summed E-state index contributed by atoms with van der Waals surface area (Å²) in [5.41, 5.74) is 1.22. The van der Waals surface area contributed by atoms with E-state index in [0.29, 0.717) is 6.42 Å². The first kappa shape index (κ1) is 14.2. The highest BCUT2D eigenvalue weighted by atomic mass is 79.9. The monoisotopic (exact) mass is 298 g/mol. The Morgan fingerprint density at radius 3 is 2.88 bits per heavy atom. The summed E-state index contributed by atoms with van der Waals surface area (Å²) in [5.74, 6) is 0.0989. The van der Waals surface area contributed by atoms with Crippen LogP contribution in [0.5, 0.6) is 0 Å². The van der Waals surface area contributed by atoms with Crippen LogP contribution in [-0.4, -0.2) is 25.5 Å². The van der Waals surface area contributed by atoms with E-state index in [0.717, 1.165) is 17.4 Å². The molecule has 0 aromatic heterocycles. The third kappa shape index (κ3) is 5.84. The molecule has 1 rings (SSSR count). The van der Waals surface area contributed by atoms with Crippen LogP contribution in [0.4, 0.5) is 0 Å². The van der Waals surface area contributed by atoms with E-state index in [4.69, 9.17) is 0 Å². The van der Waals surface area contributed by atoms with Crippen molar-refractivity contribution in [2.75, 3.05) is 13.6 Å². The van der Waals surface area contributed by atoms with Crippen LogP contribution >= 0.6 is 15.9 Å². The fourth-order valence-corrected chi connectivity index (χ4v) is 2.10. The van der Waals surface area contributed by atoms with Gasteiger partial charge in [0.25, 0.3) is 0 Å². The predicted molar refractivity (Wildman–Crippen MR) is 74.0 cm³/mol. The lowest BCUT2D eigenvalue weighted by Crippen LogP contribution is -2.35. The van der Waals surface area contributed by atoms with Crippen LogP contribution in [0.2, 0.25) is 0 Å². The molecule has 1 aromatic rings. The number of benzene rings is 1. The maximum atomic E-state index is 11.5. The molecule has 0 aliphatic rings. The maximum Gasteiger partial charge on any atom is 0.221 e. The molecule has 0 aliphatic heterocycles. The average Bonchev–Trinajstić information content (AvgIpc) is 2.26. The second-order valence-corrected chi connectivity index (χ2v) is 5.07. The summed E-state index contributed by atoms with van der Waals surface area (Å²) in [5, 5.41) is 5.95. The molecule has 1 amide bonds. The van der Waals surface area contributed by atoms with Gasteiger partial charge in [0.2, 0.25) is 5.91 Å². The minimum Gasteiger partial charge on any atom is -0.353 e. The molecule has 0 spiro atoms. The van der Waals surface area contributed by atoms with E-state index in [1.54, 1.807) is 0 Å². The number of nitrogens with one attached hydrogen (secondary N) is 2. The van der Waals surface area contributed by atoms with Gasteiger partial charge >= 0.3 is 0 Å². The molecule has 0 aliphatic carbocycles. The molecule has 2 N–H and O–H groups in total. The summed E-state index contributed by atoms with van der Waals surface area (Å²) in [6, 6.07) is 8.32. The zero-order chi connectivity index (χ0) is 12.7. The van der Waals surface area contributed by atoms with Gasteiger partial charge in [-0.15, -0.1) is 0 Å². The van der Waals surface area contributed by atoms with Crippen LogP contribution in [0.15, 0.2) is 28.7 Å². The summed E-state index contributed by atoms with van der Waals surface area (Å²) in [6.07, 6.45) is 1.38. The summed E-state index contributed by atoms with van der Waals surface area (Å²) in [6.45, 7) is 2.74. The van der Waals surface area contributed by atoms with Crippen molar-refractivity contribution in [3.05, 3.63) is 34.3 Å². The van der Waals surface area contributed by atoms with Gasteiger partial charge in [-0.25, -0.2) is 0 Å². The zero-order valence-electron chi connectivity index (χ0n) is 10.3. The van der Waals surface area contributed by atoms with E-state index in [-0.39, 0.29) is 11.9 Å². The normalized spacial score (nSPS) is 12.2.